The highest BCUT2D eigenvalue weighted by atomic mass is 16.3. The molecule has 5 heteroatoms. The standard InChI is InChI=1S/C18H20N2O3/c1-17(23,15-9-5-6-10-19-15)16(22)20-11-18(12-20,13-21)14-7-3-2-4-8-14/h2-10,21,23H,11-13H2,1H3. The van der Waals surface area contributed by atoms with Gasteiger partial charge in [-0.3, -0.25) is 9.78 Å². The van der Waals surface area contributed by atoms with Gasteiger partial charge in [0.05, 0.1) is 17.7 Å². The van der Waals surface area contributed by atoms with Gasteiger partial charge >= 0.3 is 0 Å². The summed E-state index contributed by atoms with van der Waals surface area (Å²) in [6.07, 6.45) is 1.55. The molecule has 1 atom stereocenters. The van der Waals surface area contributed by atoms with E-state index in [-0.39, 0.29) is 6.61 Å². The van der Waals surface area contributed by atoms with Gasteiger partial charge in [0.2, 0.25) is 0 Å². The number of benzene rings is 1. The number of aromatic nitrogens is 1. The summed E-state index contributed by atoms with van der Waals surface area (Å²) in [5.41, 5.74) is -0.785. The zero-order valence-electron chi connectivity index (χ0n) is 13.0. The number of rotatable bonds is 4. The van der Waals surface area contributed by atoms with Gasteiger partial charge < -0.3 is 15.1 Å². The molecule has 1 saturated heterocycles. The first-order valence-electron chi connectivity index (χ1n) is 7.59. The summed E-state index contributed by atoms with van der Waals surface area (Å²) in [6.45, 7) is 2.19. The molecule has 1 aromatic heterocycles. The molecule has 0 aliphatic carbocycles. The molecule has 23 heavy (non-hydrogen) atoms. The minimum Gasteiger partial charge on any atom is -0.395 e. The molecule has 1 unspecified atom stereocenters. The van der Waals surface area contributed by atoms with Gasteiger partial charge in [0.1, 0.15) is 0 Å². The van der Waals surface area contributed by atoms with Gasteiger partial charge in [-0.2, -0.15) is 0 Å². The highest BCUT2D eigenvalue weighted by Crippen LogP contribution is 2.36. The van der Waals surface area contributed by atoms with E-state index in [1.165, 1.54) is 6.92 Å². The van der Waals surface area contributed by atoms with Crippen molar-refractivity contribution in [2.24, 2.45) is 0 Å². The second kappa shape index (κ2) is 5.76. The topological polar surface area (TPSA) is 73.7 Å². The Hall–Kier alpha value is -2.24. The van der Waals surface area contributed by atoms with Gasteiger partial charge in [-0.1, -0.05) is 36.4 Å². The zero-order chi connectivity index (χ0) is 16.5. The Morgan fingerprint density at radius 1 is 1.22 bits per heavy atom. The van der Waals surface area contributed by atoms with Gasteiger partial charge in [-0.25, -0.2) is 0 Å². The highest BCUT2D eigenvalue weighted by molar-refractivity contribution is 5.86. The van der Waals surface area contributed by atoms with Crippen LogP contribution in [-0.4, -0.2) is 45.7 Å². The van der Waals surface area contributed by atoms with Crippen LogP contribution in [0.5, 0.6) is 0 Å². The molecule has 0 spiro atoms. The number of hydrogen-bond acceptors (Lipinski definition) is 4. The molecule has 2 heterocycles. The van der Waals surface area contributed by atoms with Gasteiger partial charge in [-0.05, 0) is 24.6 Å². The normalized spacial score (nSPS) is 18.8. The van der Waals surface area contributed by atoms with E-state index < -0.39 is 16.9 Å². The van der Waals surface area contributed by atoms with E-state index in [1.54, 1.807) is 29.3 Å². The molecule has 3 rings (SSSR count). The largest absolute Gasteiger partial charge is 0.395 e. The van der Waals surface area contributed by atoms with Gasteiger partial charge in [0.25, 0.3) is 5.91 Å². The lowest BCUT2D eigenvalue weighted by atomic mass is 9.73. The first-order valence-corrected chi connectivity index (χ1v) is 7.59. The summed E-state index contributed by atoms with van der Waals surface area (Å²) in [5, 5.41) is 20.4. The van der Waals surface area contributed by atoms with Crippen LogP contribution in [0.25, 0.3) is 0 Å². The Labute approximate surface area is 135 Å². The molecule has 1 aliphatic rings. The van der Waals surface area contributed by atoms with Crippen LogP contribution in [0.1, 0.15) is 18.2 Å². The maximum atomic E-state index is 12.6. The fraction of sp³-hybridized carbons (Fsp3) is 0.333. The fourth-order valence-electron chi connectivity index (χ4n) is 3.06. The van der Waals surface area contributed by atoms with E-state index in [0.717, 1.165) is 5.56 Å². The Balaban J connectivity index is 1.77. The van der Waals surface area contributed by atoms with Crippen molar-refractivity contribution in [1.29, 1.82) is 0 Å². The third-order valence-electron chi connectivity index (χ3n) is 4.54. The summed E-state index contributed by atoms with van der Waals surface area (Å²) in [4.78, 5) is 18.3. The fourth-order valence-corrected chi connectivity index (χ4v) is 3.06. The van der Waals surface area contributed by atoms with E-state index in [4.69, 9.17) is 0 Å². The third-order valence-corrected chi connectivity index (χ3v) is 4.54. The monoisotopic (exact) mass is 312 g/mol. The summed E-state index contributed by atoms with van der Waals surface area (Å²) < 4.78 is 0. The SMILES string of the molecule is CC(O)(C(=O)N1CC(CO)(c2ccccc2)C1)c1ccccn1. The van der Waals surface area contributed by atoms with E-state index in [0.29, 0.717) is 18.8 Å². The lowest BCUT2D eigenvalue weighted by molar-refractivity contribution is -0.160. The molecule has 2 N–H and O–H groups in total. The molecular formula is C18H20N2O3. The van der Waals surface area contributed by atoms with Crippen LogP contribution in [0.3, 0.4) is 0 Å². The van der Waals surface area contributed by atoms with Crippen LogP contribution in [0.2, 0.25) is 0 Å². The molecular weight excluding hydrogens is 292 g/mol. The van der Waals surface area contributed by atoms with Crippen LogP contribution in [0.4, 0.5) is 0 Å². The van der Waals surface area contributed by atoms with Crippen molar-refractivity contribution in [3.8, 4) is 0 Å². The zero-order valence-corrected chi connectivity index (χ0v) is 13.0. The predicted molar refractivity (Wildman–Crippen MR) is 85.6 cm³/mol. The molecule has 0 bridgehead atoms. The van der Waals surface area contributed by atoms with Crippen molar-refractivity contribution in [3.63, 3.8) is 0 Å². The van der Waals surface area contributed by atoms with Crippen molar-refractivity contribution < 1.29 is 15.0 Å². The molecule has 1 aliphatic heterocycles. The molecule has 120 valence electrons. The number of pyridine rings is 1. The maximum Gasteiger partial charge on any atom is 0.260 e. The Morgan fingerprint density at radius 2 is 1.87 bits per heavy atom. The third kappa shape index (κ3) is 2.62. The quantitative estimate of drug-likeness (QED) is 0.885. The van der Waals surface area contributed by atoms with Gasteiger partial charge in [-0.15, -0.1) is 0 Å². The van der Waals surface area contributed by atoms with E-state index in [1.807, 2.05) is 30.3 Å². The average molecular weight is 312 g/mol. The van der Waals surface area contributed by atoms with Crippen molar-refractivity contribution >= 4 is 5.91 Å². The molecule has 0 radical (unpaired) electrons. The number of nitrogens with zero attached hydrogens (tertiary/aromatic N) is 2. The van der Waals surface area contributed by atoms with Crippen LogP contribution in [0, 0.1) is 0 Å². The summed E-state index contributed by atoms with van der Waals surface area (Å²) in [5.74, 6) is -0.392. The maximum absolute atomic E-state index is 12.6. The summed E-state index contributed by atoms with van der Waals surface area (Å²) >= 11 is 0. The Bertz CT molecular complexity index is 680. The molecule has 1 fully saturated rings. The van der Waals surface area contributed by atoms with Crippen molar-refractivity contribution in [1.82, 2.24) is 9.88 Å². The van der Waals surface area contributed by atoms with Crippen LogP contribution in [-0.2, 0) is 15.8 Å². The van der Waals surface area contributed by atoms with E-state index in [2.05, 4.69) is 4.98 Å². The number of amides is 1. The number of hydrogen-bond donors (Lipinski definition) is 2. The van der Waals surface area contributed by atoms with E-state index in [9.17, 15) is 15.0 Å². The molecule has 1 aromatic carbocycles. The lowest BCUT2D eigenvalue weighted by Crippen LogP contribution is -2.65. The average Bonchev–Trinajstić information content (AvgIpc) is 2.56. The van der Waals surface area contributed by atoms with Crippen molar-refractivity contribution in [2.45, 2.75) is 17.9 Å². The molecule has 0 saturated carbocycles. The lowest BCUT2D eigenvalue weighted by Gasteiger charge is -2.51. The van der Waals surface area contributed by atoms with Crippen LogP contribution >= 0.6 is 0 Å². The number of carbonyl (C=O) groups excluding carboxylic acids is 1. The first kappa shape index (κ1) is 15.6. The first-order chi connectivity index (χ1) is 11.0. The number of likely N-dealkylation sites (tertiary alicyclic amines) is 1. The number of carbonyl (C=O) groups is 1. The van der Waals surface area contributed by atoms with Crippen LogP contribution < -0.4 is 0 Å². The minimum absolute atomic E-state index is 0.0352. The minimum atomic E-state index is -1.67. The predicted octanol–water partition coefficient (Wildman–Crippen LogP) is 1.06. The Morgan fingerprint density at radius 3 is 2.43 bits per heavy atom. The smallest absolute Gasteiger partial charge is 0.260 e. The van der Waals surface area contributed by atoms with Gasteiger partial charge in [0, 0.05) is 19.3 Å². The number of aliphatic hydroxyl groups is 2. The molecule has 2 aromatic rings. The molecule has 5 nitrogen and oxygen atoms in total. The number of aliphatic hydroxyl groups excluding tert-OH is 1. The highest BCUT2D eigenvalue weighted by Gasteiger charge is 2.50. The van der Waals surface area contributed by atoms with Crippen molar-refractivity contribution in [2.75, 3.05) is 19.7 Å². The molecule has 1 amide bonds. The second-order valence-corrected chi connectivity index (χ2v) is 6.25. The van der Waals surface area contributed by atoms with Crippen LogP contribution in [0.15, 0.2) is 54.7 Å². The summed E-state index contributed by atoms with van der Waals surface area (Å²) in [7, 11) is 0. The Kier molecular flexibility index (Phi) is 3.92. The van der Waals surface area contributed by atoms with E-state index >= 15 is 0 Å². The second-order valence-electron chi connectivity index (χ2n) is 6.25. The van der Waals surface area contributed by atoms with Gasteiger partial charge in [0.15, 0.2) is 5.60 Å². The summed E-state index contributed by atoms with van der Waals surface area (Å²) in [6, 6.07) is 14.8. The van der Waals surface area contributed by atoms with Crippen molar-refractivity contribution in [3.05, 3.63) is 66.0 Å².